The molecule has 3 amide bonds. The van der Waals surface area contributed by atoms with E-state index < -0.39 is 0 Å². The molecular weight excluding hydrogens is 542 g/mol. The molecule has 43 heavy (non-hydrogen) atoms. The Bertz CT molecular complexity index is 1470. The molecule has 3 heterocycles. The van der Waals surface area contributed by atoms with Crippen LogP contribution in [0.4, 0.5) is 0 Å². The molecule has 1 fully saturated rings. The van der Waals surface area contributed by atoms with Gasteiger partial charge < -0.3 is 19.9 Å². The molecule has 1 N–H and O–H groups in total. The summed E-state index contributed by atoms with van der Waals surface area (Å²) in [7, 11) is 0. The number of pyridine rings is 1. The highest BCUT2D eigenvalue weighted by molar-refractivity contribution is 5.96. The van der Waals surface area contributed by atoms with Gasteiger partial charge in [0, 0.05) is 49.9 Å². The highest BCUT2D eigenvalue weighted by atomic mass is 16.5. The van der Waals surface area contributed by atoms with Crippen LogP contribution in [0.2, 0.25) is 0 Å². The van der Waals surface area contributed by atoms with E-state index in [-0.39, 0.29) is 36.2 Å². The molecule has 2 aromatic carbocycles. The fourth-order valence-corrected chi connectivity index (χ4v) is 5.81. The Kier molecular flexibility index (Phi) is 10.0. The number of hydrogen-bond donors (Lipinski definition) is 1. The van der Waals surface area contributed by atoms with E-state index in [4.69, 9.17) is 4.74 Å². The molecule has 2 aliphatic rings. The van der Waals surface area contributed by atoms with Crippen LogP contribution in [0.25, 0.3) is 0 Å². The second kappa shape index (κ2) is 14.5. The van der Waals surface area contributed by atoms with Crippen LogP contribution < -0.4 is 10.1 Å². The lowest BCUT2D eigenvalue weighted by molar-refractivity contribution is -0.130. The maximum Gasteiger partial charge on any atom is 0.254 e. The van der Waals surface area contributed by atoms with Gasteiger partial charge in [-0.15, -0.1) is 0 Å². The van der Waals surface area contributed by atoms with Crippen molar-refractivity contribution in [2.24, 2.45) is 0 Å². The minimum atomic E-state index is -0.302. The average Bonchev–Trinajstić information content (AvgIpc) is 3.46. The molecule has 0 saturated carbocycles. The first-order valence-electron chi connectivity index (χ1n) is 15.0. The number of carbonyl (C=O) groups is 3. The summed E-state index contributed by atoms with van der Waals surface area (Å²) in [5, 5.41) is 12.4. The van der Waals surface area contributed by atoms with Crippen LogP contribution in [0.5, 0.6) is 5.75 Å². The van der Waals surface area contributed by atoms with Gasteiger partial charge in [-0.1, -0.05) is 24.3 Å². The van der Waals surface area contributed by atoms with E-state index in [1.807, 2.05) is 47.5 Å². The van der Waals surface area contributed by atoms with E-state index in [9.17, 15) is 19.6 Å². The number of nitrogens with one attached hydrogen (secondary N) is 1. The molecule has 1 aromatic heterocycles. The monoisotopic (exact) mass is 579 g/mol. The van der Waals surface area contributed by atoms with Crippen molar-refractivity contribution in [3.63, 3.8) is 0 Å². The molecule has 2 aliphatic heterocycles. The van der Waals surface area contributed by atoms with Gasteiger partial charge >= 0.3 is 0 Å². The van der Waals surface area contributed by atoms with Gasteiger partial charge in [-0.2, -0.15) is 5.26 Å². The van der Waals surface area contributed by atoms with Gasteiger partial charge in [0.2, 0.25) is 11.8 Å². The highest BCUT2D eigenvalue weighted by Gasteiger charge is 2.37. The van der Waals surface area contributed by atoms with Crippen molar-refractivity contribution in [2.75, 3.05) is 32.8 Å². The topological polar surface area (TPSA) is 116 Å². The lowest BCUT2D eigenvalue weighted by Gasteiger charge is -2.26. The van der Waals surface area contributed by atoms with Gasteiger partial charge in [0.1, 0.15) is 5.75 Å². The van der Waals surface area contributed by atoms with Crippen LogP contribution in [0.15, 0.2) is 73.1 Å². The molecule has 0 unspecified atom stereocenters. The van der Waals surface area contributed by atoms with Gasteiger partial charge in [-0.25, -0.2) is 0 Å². The van der Waals surface area contributed by atoms with Gasteiger partial charge in [0.05, 0.1) is 30.8 Å². The first-order chi connectivity index (χ1) is 21.0. The summed E-state index contributed by atoms with van der Waals surface area (Å²) in [6.07, 6.45) is 7.98. The number of rotatable bonds is 6. The van der Waals surface area contributed by atoms with E-state index in [2.05, 4.69) is 16.4 Å². The summed E-state index contributed by atoms with van der Waals surface area (Å²) in [6.45, 7) is 1.66. The second-order valence-corrected chi connectivity index (χ2v) is 11.2. The normalized spacial score (nSPS) is 18.9. The zero-order chi connectivity index (χ0) is 30.0. The number of nitriles is 1. The lowest BCUT2D eigenvalue weighted by atomic mass is 9.94. The number of ether oxygens (including phenoxy) is 1. The number of hydrogen-bond acceptors (Lipinski definition) is 6. The number of amides is 3. The Hall–Kier alpha value is -4.71. The van der Waals surface area contributed by atoms with Crippen molar-refractivity contribution in [1.29, 1.82) is 5.26 Å². The van der Waals surface area contributed by atoms with E-state index in [0.717, 1.165) is 36.1 Å². The number of carbonyl (C=O) groups excluding carboxylic acids is 3. The van der Waals surface area contributed by atoms with Crippen molar-refractivity contribution in [3.05, 3.63) is 95.3 Å². The Morgan fingerprint density at radius 3 is 2.74 bits per heavy atom. The molecule has 0 spiro atoms. The summed E-state index contributed by atoms with van der Waals surface area (Å²) in [6, 6.07) is 20.2. The minimum absolute atomic E-state index is 0.0763. The molecular formula is C34H37N5O4. The van der Waals surface area contributed by atoms with Crippen LogP contribution in [-0.2, 0) is 16.0 Å². The van der Waals surface area contributed by atoms with E-state index in [1.54, 1.807) is 30.5 Å². The first-order valence-corrected chi connectivity index (χ1v) is 15.0. The van der Waals surface area contributed by atoms with Crippen molar-refractivity contribution in [3.8, 4) is 11.8 Å². The Labute approximate surface area is 252 Å². The Morgan fingerprint density at radius 2 is 1.91 bits per heavy atom. The SMILES string of the molecule is N#Cc1cccc(C(=O)N2CCCCOc3cccc(c3)[C@H]3CN(C(=O)CCCCc4cccnc4)C[C@@H]3NC(=O)C2)c1. The Morgan fingerprint density at radius 1 is 1.02 bits per heavy atom. The quantitative estimate of drug-likeness (QED) is 0.440. The second-order valence-electron chi connectivity index (χ2n) is 11.2. The minimum Gasteiger partial charge on any atom is -0.494 e. The van der Waals surface area contributed by atoms with Crippen molar-refractivity contribution >= 4 is 17.7 Å². The molecule has 9 nitrogen and oxygen atoms in total. The number of fused-ring (bicyclic) bond motifs is 4. The number of benzene rings is 2. The zero-order valence-electron chi connectivity index (χ0n) is 24.3. The average molecular weight is 580 g/mol. The zero-order valence-corrected chi connectivity index (χ0v) is 24.3. The molecule has 9 heteroatoms. The number of nitrogens with zero attached hydrogens (tertiary/aromatic N) is 4. The van der Waals surface area contributed by atoms with Gasteiger partial charge in [-0.3, -0.25) is 19.4 Å². The van der Waals surface area contributed by atoms with Gasteiger partial charge in [0.25, 0.3) is 5.91 Å². The lowest BCUT2D eigenvalue weighted by Crippen LogP contribution is -2.47. The molecule has 1 saturated heterocycles. The predicted octanol–water partition coefficient (Wildman–Crippen LogP) is 4.09. The third-order valence-electron chi connectivity index (χ3n) is 8.09. The molecule has 2 bridgehead atoms. The van der Waals surface area contributed by atoms with E-state index >= 15 is 0 Å². The molecule has 0 aliphatic carbocycles. The summed E-state index contributed by atoms with van der Waals surface area (Å²) in [4.78, 5) is 47.6. The van der Waals surface area contributed by atoms with Crippen LogP contribution in [0, 0.1) is 11.3 Å². The first kappa shape index (κ1) is 29.8. The van der Waals surface area contributed by atoms with Gasteiger partial charge in [0.15, 0.2) is 0 Å². The van der Waals surface area contributed by atoms with Gasteiger partial charge in [-0.05, 0) is 79.6 Å². The molecule has 222 valence electrons. The summed E-state index contributed by atoms with van der Waals surface area (Å²) in [5.41, 5.74) is 2.93. The number of likely N-dealkylation sites (tertiary alicyclic amines) is 1. The fraction of sp³-hybridized carbons (Fsp3) is 0.382. The summed E-state index contributed by atoms with van der Waals surface area (Å²) >= 11 is 0. The standard InChI is InChI=1S/C34H37N5O4/c35-20-26-9-5-12-28(18-26)34(42)38-16-3-4-17-43-29-13-6-11-27(19-29)30-22-39(23-31(30)37-32(40)24-38)33(41)14-2-1-8-25-10-7-15-36-21-25/h5-7,9-13,15,18-19,21,30-31H,1-4,8,14,16-17,22-24H2,(H,37,40)/t30-,31+/m1/s1. The number of aromatic nitrogens is 1. The predicted molar refractivity (Wildman–Crippen MR) is 161 cm³/mol. The van der Waals surface area contributed by atoms with Crippen molar-refractivity contribution in [1.82, 2.24) is 20.1 Å². The molecule has 0 radical (unpaired) electrons. The largest absolute Gasteiger partial charge is 0.494 e. The molecule has 5 rings (SSSR count). The van der Waals surface area contributed by atoms with Crippen LogP contribution in [0.3, 0.4) is 0 Å². The van der Waals surface area contributed by atoms with Crippen molar-refractivity contribution < 1.29 is 19.1 Å². The number of aryl methyl sites for hydroxylation is 1. The van der Waals surface area contributed by atoms with E-state index in [1.165, 1.54) is 4.90 Å². The molecule has 2 atom stereocenters. The summed E-state index contributed by atoms with van der Waals surface area (Å²) < 4.78 is 6.04. The molecule has 3 aromatic rings. The Balaban J connectivity index is 1.28. The maximum absolute atomic E-state index is 13.4. The highest BCUT2D eigenvalue weighted by Crippen LogP contribution is 2.31. The third kappa shape index (κ3) is 7.98. The summed E-state index contributed by atoms with van der Waals surface area (Å²) in [5.74, 6) is 0.159. The van der Waals surface area contributed by atoms with Crippen LogP contribution in [-0.4, -0.2) is 71.3 Å². The fourth-order valence-electron chi connectivity index (χ4n) is 5.81. The van der Waals surface area contributed by atoms with Crippen LogP contribution in [0.1, 0.15) is 65.1 Å². The smallest absolute Gasteiger partial charge is 0.254 e. The maximum atomic E-state index is 13.4. The van der Waals surface area contributed by atoms with Crippen molar-refractivity contribution in [2.45, 2.75) is 50.5 Å². The number of unbranched alkanes of at least 4 members (excludes halogenated alkanes) is 1. The third-order valence-corrected chi connectivity index (χ3v) is 8.09. The van der Waals surface area contributed by atoms with E-state index in [0.29, 0.717) is 56.6 Å². The van der Waals surface area contributed by atoms with Crippen LogP contribution >= 0.6 is 0 Å².